The van der Waals surface area contributed by atoms with Crippen LogP contribution in [0.1, 0.15) is 13.3 Å². The Balaban J connectivity index is 2.16. The molecule has 16 heavy (non-hydrogen) atoms. The first-order valence-corrected chi connectivity index (χ1v) is 5.70. The Labute approximate surface area is 96.4 Å². The van der Waals surface area contributed by atoms with E-state index in [9.17, 15) is 0 Å². The van der Waals surface area contributed by atoms with Gasteiger partial charge in [-0.2, -0.15) is 4.98 Å². The minimum Gasteiger partial charge on any atom is -0.481 e. The second kappa shape index (κ2) is 4.70. The van der Waals surface area contributed by atoms with Gasteiger partial charge in [0, 0.05) is 25.2 Å². The molecule has 1 saturated heterocycles. The molecule has 0 saturated carbocycles. The van der Waals surface area contributed by atoms with Gasteiger partial charge in [0.15, 0.2) is 0 Å². The summed E-state index contributed by atoms with van der Waals surface area (Å²) >= 11 is 0. The van der Waals surface area contributed by atoms with Crippen LogP contribution in [0.2, 0.25) is 0 Å². The van der Waals surface area contributed by atoms with Gasteiger partial charge in [0.2, 0.25) is 5.88 Å². The summed E-state index contributed by atoms with van der Waals surface area (Å²) in [6.07, 6.45) is 1.10. The van der Waals surface area contributed by atoms with E-state index in [1.807, 2.05) is 18.2 Å². The van der Waals surface area contributed by atoms with Crippen LogP contribution in [-0.4, -0.2) is 31.2 Å². The number of rotatable bonds is 2. The Hall–Kier alpha value is -1.29. The molecule has 0 bridgehead atoms. The van der Waals surface area contributed by atoms with E-state index in [4.69, 9.17) is 10.5 Å². The summed E-state index contributed by atoms with van der Waals surface area (Å²) in [4.78, 5) is 6.67. The second-order valence-corrected chi connectivity index (χ2v) is 4.54. The molecular weight excluding hydrogens is 202 g/mol. The largest absolute Gasteiger partial charge is 0.481 e. The minimum atomic E-state index is 0.247. The molecule has 1 aromatic heterocycles. The van der Waals surface area contributed by atoms with Crippen molar-refractivity contribution in [3.8, 4) is 5.88 Å². The maximum Gasteiger partial charge on any atom is 0.214 e. The first-order chi connectivity index (χ1) is 7.69. The van der Waals surface area contributed by atoms with Crippen molar-refractivity contribution in [2.24, 2.45) is 11.7 Å². The number of aromatic nitrogens is 1. The molecule has 0 amide bonds. The fraction of sp³-hybridized carbons (Fsp3) is 0.583. The Morgan fingerprint density at radius 3 is 2.94 bits per heavy atom. The number of nitrogens with zero attached hydrogens (tertiary/aromatic N) is 2. The van der Waals surface area contributed by atoms with E-state index in [1.165, 1.54) is 0 Å². The summed E-state index contributed by atoms with van der Waals surface area (Å²) in [7, 11) is 1.64. The zero-order chi connectivity index (χ0) is 11.5. The van der Waals surface area contributed by atoms with Crippen molar-refractivity contribution in [1.82, 2.24) is 4.98 Å². The molecule has 0 aromatic carbocycles. The van der Waals surface area contributed by atoms with E-state index in [2.05, 4.69) is 16.8 Å². The third-order valence-electron chi connectivity index (χ3n) is 2.93. The van der Waals surface area contributed by atoms with Crippen molar-refractivity contribution in [3.05, 3.63) is 18.2 Å². The molecule has 0 radical (unpaired) electrons. The Morgan fingerprint density at radius 1 is 1.44 bits per heavy atom. The van der Waals surface area contributed by atoms with Crippen LogP contribution in [0.25, 0.3) is 0 Å². The van der Waals surface area contributed by atoms with E-state index >= 15 is 0 Å². The highest BCUT2D eigenvalue weighted by molar-refractivity contribution is 5.41. The van der Waals surface area contributed by atoms with Crippen molar-refractivity contribution < 1.29 is 4.74 Å². The zero-order valence-corrected chi connectivity index (χ0v) is 9.89. The lowest BCUT2D eigenvalue weighted by Crippen LogP contribution is -2.46. The molecule has 1 aliphatic heterocycles. The van der Waals surface area contributed by atoms with E-state index in [0.29, 0.717) is 11.8 Å². The highest BCUT2D eigenvalue weighted by Crippen LogP contribution is 2.22. The van der Waals surface area contributed by atoms with Crippen LogP contribution in [-0.2, 0) is 0 Å². The summed E-state index contributed by atoms with van der Waals surface area (Å²) in [5.74, 6) is 2.24. The van der Waals surface area contributed by atoms with E-state index in [1.54, 1.807) is 7.11 Å². The van der Waals surface area contributed by atoms with Crippen molar-refractivity contribution in [1.29, 1.82) is 0 Å². The number of anilines is 1. The van der Waals surface area contributed by atoms with E-state index < -0.39 is 0 Å². The van der Waals surface area contributed by atoms with Gasteiger partial charge in [0.25, 0.3) is 0 Å². The topological polar surface area (TPSA) is 51.4 Å². The number of nitrogens with two attached hydrogens (primary N) is 1. The average Bonchev–Trinajstić information content (AvgIpc) is 2.28. The predicted octanol–water partition coefficient (Wildman–Crippen LogP) is 1.26. The van der Waals surface area contributed by atoms with Crippen molar-refractivity contribution in [3.63, 3.8) is 0 Å². The van der Waals surface area contributed by atoms with Gasteiger partial charge in [-0.15, -0.1) is 0 Å². The maximum absolute atomic E-state index is 6.02. The highest BCUT2D eigenvalue weighted by atomic mass is 16.5. The van der Waals surface area contributed by atoms with Gasteiger partial charge in [-0.1, -0.05) is 13.0 Å². The van der Waals surface area contributed by atoms with Crippen LogP contribution in [0.4, 0.5) is 5.82 Å². The Kier molecular flexibility index (Phi) is 3.29. The van der Waals surface area contributed by atoms with Gasteiger partial charge < -0.3 is 15.4 Å². The molecule has 4 heteroatoms. The lowest BCUT2D eigenvalue weighted by atomic mass is 9.97. The lowest BCUT2D eigenvalue weighted by Gasteiger charge is -2.35. The molecular formula is C12H19N3O. The van der Waals surface area contributed by atoms with Crippen LogP contribution < -0.4 is 15.4 Å². The molecule has 1 aromatic rings. The number of hydrogen-bond donors (Lipinski definition) is 1. The van der Waals surface area contributed by atoms with Gasteiger partial charge in [0.1, 0.15) is 5.82 Å². The molecule has 4 nitrogen and oxygen atoms in total. The van der Waals surface area contributed by atoms with Gasteiger partial charge in [-0.3, -0.25) is 0 Å². The number of ether oxygens (including phenoxy) is 1. The van der Waals surface area contributed by atoms with Crippen molar-refractivity contribution in [2.45, 2.75) is 19.4 Å². The standard InChI is InChI=1S/C12H19N3O/c1-9-6-10(13)8-15(7-9)11-4-3-5-12(14-11)16-2/h3-5,9-10H,6-8,13H2,1-2H3. The molecule has 2 rings (SSSR count). The quantitative estimate of drug-likeness (QED) is 0.817. The van der Waals surface area contributed by atoms with Gasteiger partial charge in [-0.05, 0) is 18.4 Å². The first-order valence-electron chi connectivity index (χ1n) is 5.70. The van der Waals surface area contributed by atoms with E-state index in [0.717, 1.165) is 25.3 Å². The molecule has 1 aliphatic rings. The number of methoxy groups -OCH3 is 1. The fourth-order valence-corrected chi connectivity index (χ4v) is 2.28. The molecule has 2 heterocycles. The average molecular weight is 221 g/mol. The molecule has 2 N–H and O–H groups in total. The van der Waals surface area contributed by atoms with Crippen LogP contribution in [0, 0.1) is 5.92 Å². The van der Waals surface area contributed by atoms with Crippen molar-refractivity contribution in [2.75, 3.05) is 25.1 Å². The lowest BCUT2D eigenvalue weighted by molar-refractivity contribution is 0.387. The Morgan fingerprint density at radius 2 is 2.25 bits per heavy atom. The van der Waals surface area contributed by atoms with Gasteiger partial charge >= 0.3 is 0 Å². The van der Waals surface area contributed by atoms with Gasteiger partial charge in [0.05, 0.1) is 7.11 Å². The SMILES string of the molecule is COc1cccc(N2CC(C)CC(N)C2)n1. The first kappa shape index (κ1) is 11.2. The third-order valence-corrected chi connectivity index (χ3v) is 2.93. The summed E-state index contributed by atoms with van der Waals surface area (Å²) in [5, 5.41) is 0. The molecule has 1 fully saturated rings. The second-order valence-electron chi connectivity index (χ2n) is 4.54. The summed E-state index contributed by atoms with van der Waals surface area (Å²) in [6, 6.07) is 6.08. The third kappa shape index (κ3) is 2.44. The molecule has 88 valence electrons. The van der Waals surface area contributed by atoms with Crippen LogP contribution in [0.15, 0.2) is 18.2 Å². The number of piperidine rings is 1. The summed E-state index contributed by atoms with van der Waals surface area (Å²) < 4.78 is 5.13. The van der Waals surface area contributed by atoms with E-state index in [-0.39, 0.29) is 6.04 Å². The minimum absolute atomic E-state index is 0.247. The highest BCUT2D eigenvalue weighted by Gasteiger charge is 2.23. The fourth-order valence-electron chi connectivity index (χ4n) is 2.28. The van der Waals surface area contributed by atoms with Crippen LogP contribution in [0.5, 0.6) is 5.88 Å². The molecule has 0 aliphatic carbocycles. The molecule has 2 atom stereocenters. The monoisotopic (exact) mass is 221 g/mol. The maximum atomic E-state index is 6.02. The van der Waals surface area contributed by atoms with Crippen LogP contribution >= 0.6 is 0 Å². The van der Waals surface area contributed by atoms with Crippen molar-refractivity contribution >= 4 is 5.82 Å². The Bertz CT molecular complexity index is 346. The van der Waals surface area contributed by atoms with Gasteiger partial charge in [-0.25, -0.2) is 0 Å². The molecule has 2 unspecified atom stereocenters. The number of pyridine rings is 1. The molecule has 0 spiro atoms. The number of hydrogen-bond acceptors (Lipinski definition) is 4. The smallest absolute Gasteiger partial charge is 0.214 e. The summed E-state index contributed by atoms with van der Waals surface area (Å²) in [5.41, 5.74) is 6.02. The van der Waals surface area contributed by atoms with Crippen LogP contribution in [0.3, 0.4) is 0 Å². The summed E-state index contributed by atoms with van der Waals surface area (Å²) in [6.45, 7) is 4.13. The zero-order valence-electron chi connectivity index (χ0n) is 9.89. The normalized spacial score (nSPS) is 25.6. The predicted molar refractivity (Wildman–Crippen MR) is 64.8 cm³/mol.